The first kappa shape index (κ1) is 25.7. The number of benzene rings is 1. The number of aromatic nitrogens is 2. The summed E-state index contributed by atoms with van der Waals surface area (Å²) in [6.07, 6.45) is 2.09. The molecule has 2 aromatic rings. The van der Waals surface area contributed by atoms with Crippen molar-refractivity contribution in [2.75, 3.05) is 20.3 Å². The number of hydrogen-bond acceptors (Lipinski definition) is 10. The third-order valence-electron chi connectivity index (χ3n) is 5.05. The molecule has 12 nitrogen and oxygen atoms in total. The molecule has 1 unspecified atom stereocenters. The van der Waals surface area contributed by atoms with Crippen LogP contribution in [0.15, 0.2) is 34.9 Å². The number of ether oxygens (including phenoxy) is 2. The maximum Gasteiger partial charge on any atom is 0.407 e. The Balaban J connectivity index is 1.50. The van der Waals surface area contributed by atoms with Gasteiger partial charge in [-0.2, -0.15) is 4.98 Å². The van der Waals surface area contributed by atoms with Crippen molar-refractivity contribution in [2.45, 2.75) is 45.3 Å². The predicted molar refractivity (Wildman–Crippen MR) is 123 cm³/mol. The van der Waals surface area contributed by atoms with Crippen molar-refractivity contribution in [3.63, 3.8) is 0 Å². The topological polar surface area (TPSA) is 154 Å². The van der Waals surface area contributed by atoms with E-state index < -0.39 is 24.2 Å². The number of esters is 1. The van der Waals surface area contributed by atoms with Crippen molar-refractivity contribution < 1.29 is 33.2 Å². The zero-order valence-corrected chi connectivity index (χ0v) is 19.8. The van der Waals surface area contributed by atoms with E-state index in [1.807, 2.05) is 31.2 Å². The smallest absolute Gasteiger partial charge is 0.407 e. The van der Waals surface area contributed by atoms with E-state index in [0.717, 1.165) is 17.5 Å². The van der Waals surface area contributed by atoms with E-state index in [2.05, 4.69) is 31.0 Å². The highest BCUT2D eigenvalue weighted by molar-refractivity contribution is 5.83. The summed E-state index contributed by atoms with van der Waals surface area (Å²) in [6, 6.07) is 6.38. The largest absolute Gasteiger partial charge is 0.467 e. The summed E-state index contributed by atoms with van der Waals surface area (Å²) >= 11 is 0. The van der Waals surface area contributed by atoms with Gasteiger partial charge in [0.1, 0.15) is 12.1 Å². The minimum atomic E-state index is -1.08. The third kappa shape index (κ3) is 7.54. The van der Waals surface area contributed by atoms with Crippen LogP contribution in [-0.2, 0) is 23.9 Å². The Hall–Kier alpha value is -3.93. The number of nitrogens with one attached hydrogen (secondary N) is 3. The predicted octanol–water partition coefficient (Wildman–Crippen LogP) is 1.86. The molecule has 35 heavy (non-hydrogen) atoms. The summed E-state index contributed by atoms with van der Waals surface area (Å²) in [7, 11) is 1.20. The molecule has 188 valence electrons. The normalized spacial score (nSPS) is 15.5. The second-order valence-electron chi connectivity index (χ2n) is 7.77. The molecule has 1 aromatic carbocycles. The number of carbonyl (C=O) groups excluding carboxylic acids is 3. The average Bonchev–Trinajstić information content (AvgIpc) is 3.50. The molecule has 0 bridgehead atoms. The quantitative estimate of drug-likeness (QED) is 0.316. The van der Waals surface area contributed by atoms with Crippen LogP contribution in [0.5, 0.6) is 0 Å². The zero-order valence-electron chi connectivity index (χ0n) is 19.8. The average molecular weight is 488 g/mol. The molecule has 0 saturated carbocycles. The summed E-state index contributed by atoms with van der Waals surface area (Å²) in [6.45, 7) is 3.77. The summed E-state index contributed by atoms with van der Waals surface area (Å²) < 4.78 is 14.7. The SMILES string of the molecule is CCCCOC(=O)NC(CNC(=O)C[C@H]1C=C(c2ccc(-c3noc(C)n3)cc2)NO1)C(=O)OC. The number of nitrogens with zero attached hydrogens (tertiary/aromatic N) is 2. The molecule has 12 heteroatoms. The number of amides is 2. The molecule has 0 radical (unpaired) electrons. The van der Waals surface area contributed by atoms with E-state index in [1.54, 1.807) is 13.0 Å². The molecule has 2 amide bonds. The van der Waals surface area contributed by atoms with Crippen LogP contribution in [0.4, 0.5) is 4.79 Å². The highest BCUT2D eigenvalue weighted by atomic mass is 16.7. The van der Waals surface area contributed by atoms with Crippen LogP contribution in [0.25, 0.3) is 17.1 Å². The molecule has 1 aliphatic heterocycles. The van der Waals surface area contributed by atoms with Crippen LogP contribution in [0.1, 0.15) is 37.6 Å². The first-order valence-corrected chi connectivity index (χ1v) is 11.2. The molecule has 2 atom stereocenters. The Bertz CT molecular complexity index is 1050. The maximum absolute atomic E-state index is 12.4. The van der Waals surface area contributed by atoms with Crippen molar-refractivity contribution in [1.29, 1.82) is 0 Å². The Kier molecular flexibility index (Phi) is 9.18. The van der Waals surface area contributed by atoms with Gasteiger partial charge in [-0.1, -0.05) is 42.8 Å². The van der Waals surface area contributed by atoms with Gasteiger partial charge in [-0.25, -0.2) is 9.59 Å². The molecule has 3 rings (SSSR count). The van der Waals surface area contributed by atoms with Crippen LogP contribution < -0.4 is 16.1 Å². The van der Waals surface area contributed by atoms with Crippen molar-refractivity contribution in [2.24, 2.45) is 0 Å². The molecule has 0 spiro atoms. The highest BCUT2D eigenvalue weighted by Gasteiger charge is 2.25. The molecule has 3 N–H and O–H groups in total. The van der Waals surface area contributed by atoms with Crippen LogP contribution >= 0.6 is 0 Å². The Labute approximate surface area is 202 Å². The number of hydroxylamine groups is 1. The lowest BCUT2D eigenvalue weighted by atomic mass is 10.1. The van der Waals surface area contributed by atoms with Crippen molar-refractivity contribution >= 4 is 23.7 Å². The van der Waals surface area contributed by atoms with Gasteiger partial charge in [0.2, 0.25) is 17.6 Å². The number of aryl methyl sites for hydroxylation is 1. The standard InChI is InChI=1S/C23H29N5O7/c1-4-5-10-33-23(31)26-19(22(30)32-3)13-24-20(29)12-17-11-18(27-35-17)15-6-8-16(9-7-15)21-25-14(2)34-28-21/h6-9,11,17,19,27H,4-5,10,12-13H2,1-3H3,(H,24,29)(H,26,31)/t17-,19?/m1/s1. The van der Waals surface area contributed by atoms with Gasteiger partial charge in [-0.3, -0.25) is 15.1 Å². The molecular weight excluding hydrogens is 458 g/mol. The minimum absolute atomic E-state index is 0.00551. The molecule has 0 aliphatic carbocycles. The molecule has 2 heterocycles. The lowest BCUT2D eigenvalue weighted by molar-refractivity contribution is -0.143. The Morgan fingerprint density at radius 2 is 1.94 bits per heavy atom. The molecule has 0 fully saturated rings. The zero-order chi connectivity index (χ0) is 25.2. The number of alkyl carbamates (subject to hydrolysis) is 1. The monoisotopic (exact) mass is 487 g/mol. The fraction of sp³-hybridized carbons (Fsp3) is 0.435. The number of methoxy groups -OCH3 is 1. The number of unbranched alkanes of at least 4 members (excludes halogenated alkanes) is 1. The minimum Gasteiger partial charge on any atom is -0.467 e. The molecule has 1 aliphatic rings. The summed E-state index contributed by atoms with van der Waals surface area (Å²) in [5, 5.41) is 8.90. The van der Waals surface area contributed by atoms with Crippen LogP contribution in [-0.4, -0.2) is 60.5 Å². The van der Waals surface area contributed by atoms with Gasteiger partial charge in [0, 0.05) is 19.0 Å². The lowest BCUT2D eigenvalue weighted by Gasteiger charge is -2.17. The van der Waals surface area contributed by atoms with E-state index in [4.69, 9.17) is 14.1 Å². The molecule has 1 aromatic heterocycles. The number of hydrogen-bond donors (Lipinski definition) is 3. The van der Waals surface area contributed by atoms with E-state index in [9.17, 15) is 14.4 Å². The molecular formula is C23H29N5O7. The van der Waals surface area contributed by atoms with Gasteiger partial charge in [-0.05, 0) is 18.1 Å². The second-order valence-corrected chi connectivity index (χ2v) is 7.77. The summed E-state index contributed by atoms with van der Waals surface area (Å²) in [4.78, 5) is 45.9. The fourth-order valence-corrected chi connectivity index (χ4v) is 3.16. The first-order valence-electron chi connectivity index (χ1n) is 11.2. The second kappa shape index (κ2) is 12.5. The van der Waals surface area contributed by atoms with Crippen molar-refractivity contribution in [3.05, 3.63) is 41.8 Å². The van der Waals surface area contributed by atoms with Gasteiger partial charge >= 0.3 is 12.1 Å². The van der Waals surface area contributed by atoms with Gasteiger partial charge in [0.25, 0.3) is 0 Å². The lowest BCUT2D eigenvalue weighted by Crippen LogP contribution is -2.49. The fourth-order valence-electron chi connectivity index (χ4n) is 3.16. The highest BCUT2D eigenvalue weighted by Crippen LogP contribution is 2.23. The van der Waals surface area contributed by atoms with Crippen molar-refractivity contribution in [3.8, 4) is 11.4 Å². The number of rotatable bonds is 11. The summed E-state index contributed by atoms with van der Waals surface area (Å²) in [5.41, 5.74) is 5.19. The van der Waals surface area contributed by atoms with Gasteiger partial charge in [0.15, 0.2) is 0 Å². The van der Waals surface area contributed by atoms with E-state index >= 15 is 0 Å². The van der Waals surface area contributed by atoms with Crippen LogP contribution in [0.2, 0.25) is 0 Å². The van der Waals surface area contributed by atoms with E-state index in [1.165, 1.54) is 7.11 Å². The van der Waals surface area contributed by atoms with E-state index in [0.29, 0.717) is 23.8 Å². The molecule has 0 saturated heterocycles. The maximum atomic E-state index is 12.4. The Morgan fingerprint density at radius 1 is 1.20 bits per heavy atom. The summed E-state index contributed by atoms with van der Waals surface area (Å²) in [5.74, 6) is -0.0770. The van der Waals surface area contributed by atoms with E-state index in [-0.39, 0.29) is 25.5 Å². The van der Waals surface area contributed by atoms with Crippen LogP contribution in [0, 0.1) is 6.92 Å². The van der Waals surface area contributed by atoms with Gasteiger partial charge < -0.3 is 24.6 Å². The third-order valence-corrected chi connectivity index (χ3v) is 5.05. The van der Waals surface area contributed by atoms with Gasteiger partial charge in [-0.15, -0.1) is 0 Å². The number of carbonyl (C=O) groups is 3. The van der Waals surface area contributed by atoms with Gasteiger partial charge in [0.05, 0.1) is 25.8 Å². The van der Waals surface area contributed by atoms with Crippen LogP contribution in [0.3, 0.4) is 0 Å². The Morgan fingerprint density at radius 3 is 2.60 bits per heavy atom. The van der Waals surface area contributed by atoms with Crippen molar-refractivity contribution in [1.82, 2.24) is 26.3 Å². The first-order chi connectivity index (χ1) is 16.9.